The van der Waals surface area contributed by atoms with E-state index >= 15 is 0 Å². The number of hydrogen-bond acceptors (Lipinski definition) is 5. The molecule has 2 rings (SSSR count). The van der Waals surface area contributed by atoms with Crippen molar-refractivity contribution >= 4 is 0 Å². The lowest BCUT2D eigenvalue weighted by atomic mass is 10.3. The highest BCUT2D eigenvalue weighted by molar-refractivity contribution is 5.22. The lowest BCUT2D eigenvalue weighted by Gasteiger charge is -2.02. The van der Waals surface area contributed by atoms with Gasteiger partial charge in [0.05, 0.1) is 6.04 Å². The van der Waals surface area contributed by atoms with Crippen molar-refractivity contribution < 1.29 is 13.7 Å². The third kappa shape index (κ3) is 3.01. The second-order valence-electron chi connectivity index (χ2n) is 3.58. The van der Waals surface area contributed by atoms with Gasteiger partial charge < -0.3 is 15.0 Å². The van der Waals surface area contributed by atoms with E-state index in [1.54, 1.807) is 19.1 Å². The first-order chi connectivity index (χ1) is 8.15. The van der Waals surface area contributed by atoms with Crippen LogP contribution in [0.25, 0.3) is 0 Å². The summed E-state index contributed by atoms with van der Waals surface area (Å²) in [5, 5.41) is 3.69. The Labute approximate surface area is 97.4 Å². The van der Waals surface area contributed by atoms with E-state index in [9.17, 15) is 4.39 Å². The summed E-state index contributed by atoms with van der Waals surface area (Å²) in [7, 11) is 0. The number of nitrogens with two attached hydrogens (primary N) is 1. The van der Waals surface area contributed by atoms with E-state index in [2.05, 4.69) is 10.1 Å². The fourth-order valence-electron chi connectivity index (χ4n) is 1.22. The molecule has 1 atom stereocenters. The molecule has 0 saturated heterocycles. The van der Waals surface area contributed by atoms with Crippen molar-refractivity contribution in [2.45, 2.75) is 19.6 Å². The van der Waals surface area contributed by atoms with Gasteiger partial charge in [-0.2, -0.15) is 4.98 Å². The minimum atomic E-state index is -0.355. The van der Waals surface area contributed by atoms with Crippen LogP contribution in [0.4, 0.5) is 4.39 Å². The molecule has 17 heavy (non-hydrogen) atoms. The van der Waals surface area contributed by atoms with Crippen LogP contribution in [0.3, 0.4) is 0 Å². The number of ether oxygens (including phenoxy) is 1. The van der Waals surface area contributed by atoms with Gasteiger partial charge in [0.1, 0.15) is 11.6 Å². The van der Waals surface area contributed by atoms with Crippen molar-refractivity contribution in [1.82, 2.24) is 10.1 Å². The molecule has 0 aliphatic rings. The van der Waals surface area contributed by atoms with Crippen molar-refractivity contribution in [3.63, 3.8) is 0 Å². The first-order valence-corrected chi connectivity index (χ1v) is 5.11. The van der Waals surface area contributed by atoms with Gasteiger partial charge in [-0.1, -0.05) is 11.2 Å². The van der Waals surface area contributed by atoms with Crippen LogP contribution in [-0.2, 0) is 6.61 Å². The van der Waals surface area contributed by atoms with E-state index in [0.717, 1.165) is 0 Å². The van der Waals surface area contributed by atoms with E-state index in [-0.39, 0.29) is 18.5 Å². The van der Waals surface area contributed by atoms with Gasteiger partial charge in [0.15, 0.2) is 6.61 Å². The molecule has 0 saturated carbocycles. The molecule has 0 fully saturated rings. The molecular formula is C11H12FN3O2. The average molecular weight is 237 g/mol. The van der Waals surface area contributed by atoms with Gasteiger partial charge in [-0.05, 0) is 19.1 Å². The Morgan fingerprint density at radius 1 is 1.53 bits per heavy atom. The minimum absolute atomic E-state index is 0.111. The molecule has 2 aromatic rings. The maximum absolute atomic E-state index is 12.9. The molecule has 0 unspecified atom stereocenters. The second kappa shape index (κ2) is 4.92. The summed E-state index contributed by atoms with van der Waals surface area (Å²) in [5.41, 5.74) is 5.57. The Kier molecular flexibility index (Phi) is 3.34. The summed E-state index contributed by atoms with van der Waals surface area (Å²) in [6, 6.07) is 5.52. The van der Waals surface area contributed by atoms with Crippen molar-refractivity contribution in [1.29, 1.82) is 0 Å². The Morgan fingerprint density at radius 3 is 3.00 bits per heavy atom. The predicted octanol–water partition coefficient (Wildman–Crippen LogP) is 1.81. The topological polar surface area (TPSA) is 74.2 Å². The van der Waals surface area contributed by atoms with Gasteiger partial charge in [-0.25, -0.2) is 4.39 Å². The molecule has 1 aromatic carbocycles. The van der Waals surface area contributed by atoms with E-state index in [1.165, 1.54) is 12.1 Å². The maximum Gasteiger partial charge on any atom is 0.243 e. The summed E-state index contributed by atoms with van der Waals surface area (Å²) in [5.74, 6) is 0.786. The normalized spacial score (nSPS) is 12.4. The highest BCUT2D eigenvalue weighted by Gasteiger charge is 2.10. The highest BCUT2D eigenvalue weighted by Crippen LogP contribution is 2.14. The summed E-state index contributed by atoms with van der Waals surface area (Å²) in [4.78, 5) is 4.03. The molecule has 0 aliphatic carbocycles. The Morgan fingerprint density at radius 2 is 2.35 bits per heavy atom. The van der Waals surface area contributed by atoms with Crippen molar-refractivity contribution in [2.24, 2.45) is 5.73 Å². The van der Waals surface area contributed by atoms with Gasteiger partial charge in [0.2, 0.25) is 11.7 Å². The van der Waals surface area contributed by atoms with Crippen LogP contribution in [0.1, 0.15) is 24.7 Å². The predicted molar refractivity (Wildman–Crippen MR) is 57.6 cm³/mol. The Bertz CT molecular complexity index is 499. The summed E-state index contributed by atoms with van der Waals surface area (Å²) in [6.07, 6.45) is 0. The zero-order valence-corrected chi connectivity index (χ0v) is 9.26. The standard InChI is InChI=1S/C11H12FN3O2/c1-7(13)11-14-10(15-17-11)6-16-9-4-2-3-8(12)5-9/h2-5,7H,6,13H2,1H3/t7-/m1/s1. The van der Waals surface area contributed by atoms with Crippen LogP contribution >= 0.6 is 0 Å². The van der Waals surface area contributed by atoms with Gasteiger partial charge in [0, 0.05) is 6.07 Å². The van der Waals surface area contributed by atoms with Crippen LogP contribution in [0, 0.1) is 5.82 Å². The molecular weight excluding hydrogens is 225 g/mol. The molecule has 0 amide bonds. The number of benzene rings is 1. The van der Waals surface area contributed by atoms with E-state index in [4.69, 9.17) is 15.0 Å². The third-order valence-corrected chi connectivity index (χ3v) is 2.04. The molecule has 5 nitrogen and oxygen atoms in total. The smallest absolute Gasteiger partial charge is 0.243 e. The van der Waals surface area contributed by atoms with Crippen molar-refractivity contribution in [2.75, 3.05) is 0 Å². The van der Waals surface area contributed by atoms with E-state index < -0.39 is 0 Å². The van der Waals surface area contributed by atoms with Gasteiger partial charge >= 0.3 is 0 Å². The summed E-state index contributed by atoms with van der Waals surface area (Å²) in [6.45, 7) is 1.85. The highest BCUT2D eigenvalue weighted by atomic mass is 19.1. The van der Waals surface area contributed by atoms with E-state index in [0.29, 0.717) is 17.5 Å². The summed E-state index contributed by atoms with van der Waals surface area (Å²) >= 11 is 0. The first-order valence-electron chi connectivity index (χ1n) is 5.11. The quantitative estimate of drug-likeness (QED) is 0.877. The molecule has 0 aliphatic heterocycles. The average Bonchev–Trinajstić information content (AvgIpc) is 2.75. The van der Waals surface area contributed by atoms with Crippen LogP contribution in [0.15, 0.2) is 28.8 Å². The number of aromatic nitrogens is 2. The van der Waals surface area contributed by atoms with Crippen LogP contribution in [0.5, 0.6) is 5.75 Å². The first kappa shape index (κ1) is 11.5. The number of halogens is 1. The van der Waals surface area contributed by atoms with Crippen LogP contribution in [0.2, 0.25) is 0 Å². The number of hydrogen-bond donors (Lipinski definition) is 1. The largest absolute Gasteiger partial charge is 0.485 e. The monoisotopic (exact) mass is 237 g/mol. The molecule has 0 bridgehead atoms. The molecule has 1 heterocycles. The number of nitrogens with zero attached hydrogens (tertiary/aromatic N) is 2. The second-order valence-corrected chi connectivity index (χ2v) is 3.58. The third-order valence-electron chi connectivity index (χ3n) is 2.04. The van der Waals surface area contributed by atoms with Crippen molar-refractivity contribution in [3.8, 4) is 5.75 Å². The fraction of sp³-hybridized carbons (Fsp3) is 0.273. The SMILES string of the molecule is C[C@@H](N)c1nc(COc2cccc(F)c2)no1. The van der Waals surface area contributed by atoms with Gasteiger partial charge in [-0.15, -0.1) is 0 Å². The zero-order chi connectivity index (χ0) is 12.3. The molecule has 90 valence electrons. The lowest BCUT2D eigenvalue weighted by Crippen LogP contribution is -2.05. The van der Waals surface area contributed by atoms with Gasteiger partial charge in [-0.3, -0.25) is 0 Å². The maximum atomic E-state index is 12.9. The minimum Gasteiger partial charge on any atom is -0.485 e. The van der Waals surface area contributed by atoms with Gasteiger partial charge in [0.25, 0.3) is 0 Å². The molecule has 0 spiro atoms. The van der Waals surface area contributed by atoms with Crippen molar-refractivity contribution in [3.05, 3.63) is 41.8 Å². The van der Waals surface area contributed by atoms with Crippen LogP contribution in [-0.4, -0.2) is 10.1 Å². The Balaban J connectivity index is 1.97. The van der Waals surface area contributed by atoms with E-state index in [1.807, 2.05) is 0 Å². The fourth-order valence-corrected chi connectivity index (χ4v) is 1.22. The zero-order valence-electron chi connectivity index (χ0n) is 9.26. The number of rotatable bonds is 4. The molecule has 2 N–H and O–H groups in total. The molecule has 6 heteroatoms. The molecule has 0 radical (unpaired) electrons. The Hall–Kier alpha value is -1.95. The molecule has 1 aromatic heterocycles. The summed E-state index contributed by atoms with van der Waals surface area (Å²) < 4.78 is 23.1. The van der Waals surface area contributed by atoms with Crippen LogP contribution < -0.4 is 10.5 Å². The lowest BCUT2D eigenvalue weighted by molar-refractivity contribution is 0.283.